The number of hydrogen-bond donors (Lipinski definition) is 2. The predicted molar refractivity (Wildman–Crippen MR) is 113 cm³/mol. The Morgan fingerprint density at radius 2 is 2.10 bits per heavy atom. The van der Waals surface area contributed by atoms with Gasteiger partial charge in [0, 0.05) is 26.2 Å². The molecule has 0 aliphatic carbocycles. The van der Waals surface area contributed by atoms with Crippen molar-refractivity contribution in [1.29, 1.82) is 0 Å². The quantitative estimate of drug-likeness (QED) is 0.603. The first-order valence-electron chi connectivity index (χ1n) is 9.72. The maximum absolute atomic E-state index is 13.3. The van der Waals surface area contributed by atoms with E-state index < -0.39 is 5.97 Å². The van der Waals surface area contributed by atoms with Gasteiger partial charge in [-0.1, -0.05) is 18.1 Å². The van der Waals surface area contributed by atoms with E-state index in [2.05, 4.69) is 32.1 Å². The molecule has 0 atom stereocenters. The van der Waals surface area contributed by atoms with Gasteiger partial charge in [0.25, 0.3) is 5.56 Å². The highest BCUT2D eigenvalue weighted by Gasteiger charge is 2.21. The molecule has 3 aromatic rings. The second-order valence-electron chi connectivity index (χ2n) is 7.01. The second-order valence-corrected chi connectivity index (χ2v) is 7.01. The molecule has 1 aromatic carbocycles. The van der Waals surface area contributed by atoms with E-state index >= 15 is 0 Å². The Labute approximate surface area is 172 Å². The van der Waals surface area contributed by atoms with Crippen molar-refractivity contribution in [2.24, 2.45) is 0 Å². The summed E-state index contributed by atoms with van der Waals surface area (Å²) in [5.74, 6) is 5.63. The number of carboxylic acids is 1. The van der Waals surface area contributed by atoms with Crippen molar-refractivity contribution in [3.8, 4) is 11.8 Å². The Morgan fingerprint density at radius 3 is 2.83 bits per heavy atom. The van der Waals surface area contributed by atoms with Gasteiger partial charge in [0.15, 0.2) is 0 Å². The van der Waals surface area contributed by atoms with Crippen LogP contribution in [0.3, 0.4) is 0 Å². The monoisotopic (exact) mass is 406 g/mol. The maximum atomic E-state index is 13.3. The third-order valence-electron chi connectivity index (χ3n) is 5.05. The number of benzene rings is 1. The summed E-state index contributed by atoms with van der Waals surface area (Å²) in [6.45, 7) is 5.59. The first kappa shape index (κ1) is 19.7. The molecule has 0 bridgehead atoms. The van der Waals surface area contributed by atoms with Crippen LogP contribution in [0, 0.1) is 11.8 Å². The summed E-state index contributed by atoms with van der Waals surface area (Å²) in [4.78, 5) is 31.3. The molecule has 1 fully saturated rings. The van der Waals surface area contributed by atoms with Crippen LogP contribution in [-0.2, 0) is 13.1 Å². The average Bonchev–Trinajstić information content (AvgIpc) is 3.14. The van der Waals surface area contributed by atoms with Crippen LogP contribution in [-0.4, -0.2) is 56.6 Å². The van der Waals surface area contributed by atoms with E-state index in [1.165, 1.54) is 10.7 Å². The molecule has 0 spiro atoms. The average molecular weight is 406 g/mol. The number of piperazine rings is 1. The van der Waals surface area contributed by atoms with Crippen LogP contribution in [0.2, 0.25) is 0 Å². The van der Waals surface area contributed by atoms with Gasteiger partial charge < -0.3 is 15.3 Å². The fourth-order valence-corrected chi connectivity index (χ4v) is 3.58. The molecule has 0 radical (unpaired) electrons. The fourth-order valence-electron chi connectivity index (χ4n) is 3.58. The highest BCUT2D eigenvalue weighted by atomic mass is 16.4. The van der Waals surface area contributed by atoms with Gasteiger partial charge in [-0.3, -0.25) is 9.36 Å². The van der Waals surface area contributed by atoms with Gasteiger partial charge in [-0.15, -0.1) is 5.92 Å². The Bertz CT molecular complexity index is 1210. The molecular weight excluding hydrogens is 384 g/mol. The van der Waals surface area contributed by atoms with Crippen molar-refractivity contribution in [3.63, 3.8) is 0 Å². The van der Waals surface area contributed by atoms with Crippen molar-refractivity contribution in [2.75, 3.05) is 31.1 Å². The summed E-state index contributed by atoms with van der Waals surface area (Å²) < 4.78 is 3.19. The van der Waals surface area contributed by atoms with Crippen LogP contribution < -0.4 is 15.8 Å². The van der Waals surface area contributed by atoms with E-state index in [9.17, 15) is 14.7 Å². The molecule has 30 heavy (non-hydrogen) atoms. The number of aromatic carboxylic acids is 1. The molecule has 4 rings (SSSR count). The zero-order chi connectivity index (χ0) is 21.1. The van der Waals surface area contributed by atoms with Crippen LogP contribution >= 0.6 is 0 Å². The second kappa shape index (κ2) is 8.39. The number of imidazole rings is 1. The number of nitrogens with one attached hydrogen (secondary N) is 1. The minimum absolute atomic E-state index is 0.170. The number of anilines is 1. The lowest BCUT2D eigenvalue weighted by molar-refractivity contribution is 0.0696. The normalized spacial score (nSPS) is 13.8. The molecule has 2 N–H and O–H groups in total. The third-order valence-corrected chi connectivity index (χ3v) is 5.05. The molecule has 2 aromatic heterocycles. The van der Waals surface area contributed by atoms with Gasteiger partial charge in [0.2, 0.25) is 5.95 Å². The lowest BCUT2D eigenvalue weighted by Gasteiger charge is -2.28. The SMILES string of the molecule is CC#CCn1c(N2CCNCC2)nc2cnn(Cc3cccc(C(=O)O)c3)c(=O)c21. The van der Waals surface area contributed by atoms with Crippen molar-refractivity contribution < 1.29 is 9.90 Å². The van der Waals surface area contributed by atoms with Crippen LogP contribution in [0.1, 0.15) is 22.8 Å². The van der Waals surface area contributed by atoms with Crippen molar-refractivity contribution in [3.05, 3.63) is 51.9 Å². The van der Waals surface area contributed by atoms with Crippen LogP contribution in [0.4, 0.5) is 5.95 Å². The zero-order valence-electron chi connectivity index (χ0n) is 16.6. The molecular formula is C21H22N6O3. The van der Waals surface area contributed by atoms with E-state index in [-0.39, 0.29) is 17.7 Å². The number of fused-ring (bicyclic) bond motifs is 1. The molecule has 1 saturated heterocycles. The molecule has 1 aliphatic rings. The number of nitrogens with zero attached hydrogens (tertiary/aromatic N) is 5. The number of carbonyl (C=O) groups is 1. The third kappa shape index (κ3) is 3.77. The molecule has 0 amide bonds. The van der Waals surface area contributed by atoms with Crippen molar-refractivity contribution in [1.82, 2.24) is 24.6 Å². The number of aromatic nitrogens is 4. The van der Waals surface area contributed by atoms with Crippen LogP contribution in [0.15, 0.2) is 35.3 Å². The lowest BCUT2D eigenvalue weighted by Crippen LogP contribution is -2.44. The number of carboxylic acid groups (broad SMARTS) is 1. The summed E-state index contributed by atoms with van der Waals surface area (Å²) >= 11 is 0. The fraction of sp³-hybridized carbons (Fsp3) is 0.333. The first-order chi connectivity index (χ1) is 14.6. The topological polar surface area (TPSA) is 105 Å². The minimum Gasteiger partial charge on any atom is -0.478 e. The molecule has 154 valence electrons. The van der Waals surface area contributed by atoms with Crippen LogP contribution in [0.5, 0.6) is 0 Å². The molecule has 0 unspecified atom stereocenters. The maximum Gasteiger partial charge on any atom is 0.335 e. The Hall–Kier alpha value is -3.64. The summed E-state index contributed by atoms with van der Waals surface area (Å²) in [5, 5.41) is 16.8. The molecule has 0 saturated carbocycles. The van der Waals surface area contributed by atoms with E-state index in [0.29, 0.717) is 23.1 Å². The van der Waals surface area contributed by atoms with E-state index in [4.69, 9.17) is 0 Å². The van der Waals surface area contributed by atoms with Gasteiger partial charge in [0.1, 0.15) is 11.0 Å². The molecule has 3 heterocycles. The smallest absolute Gasteiger partial charge is 0.335 e. The van der Waals surface area contributed by atoms with Gasteiger partial charge in [0.05, 0.1) is 24.8 Å². The predicted octanol–water partition coefficient (Wildman–Crippen LogP) is 0.772. The lowest BCUT2D eigenvalue weighted by atomic mass is 10.1. The number of rotatable bonds is 5. The first-order valence-corrected chi connectivity index (χ1v) is 9.72. The molecule has 9 heteroatoms. The summed E-state index contributed by atoms with van der Waals surface area (Å²) in [6, 6.07) is 6.50. The zero-order valence-corrected chi connectivity index (χ0v) is 16.6. The van der Waals surface area contributed by atoms with Gasteiger partial charge >= 0.3 is 5.97 Å². The summed E-state index contributed by atoms with van der Waals surface area (Å²) in [7, 11) is 0. The van der Waals surface area contributed by atoms with E-state index in [1.54, 1.807) is 31.3 Å². The highest BCUT2D eigenvalue weighted by Crippen LogP contribution is 2.20. The van der Waals surface area contributed by atoms with E-state index in [1.807, 2.05) is 4.57 Å². The highest BCUT2D eigenvalue weighted by molar-refractivity contribution is 5.87. The Morgan fingerprint density at radius 1 is 1.30 bits per heavy atom. The largest absolute Gasteiger partial charge is 0.478 e. The standard InChI is InChI=1S/C21H22N6O3/c1-2-3-9-26-18-17(24-21(26)25-10-7-22-8-11-25)13-23-27(19(18)28)14-15-5-4-6-16(12-15)20(29)30/h4-6,12-13,22H,7-11,14H2,1H3,(H,29,30). The van der Waals surface area contributed by atoms with Gasteiger partial charge in [-0.25, -0.2) is 14.5 Å². The van der Waals surface area contributed by atoms with E-state index in [0.717, 1.165) is 32.1 Å². The van der Waals surface area contributed by atoms with Crippen molar-refractivity contribution in [2.45, 2.75) is 20.0 Å². The molecule has 1 aliphatic heterocycles. The van der Waals surface area contributed by atoms with Crippen LogP contribution in [0.25, 0.3) is 11.0 Å². The minimum atomic E-state index is -1.01. The Kier molecular flexibility index (Phi) is 5.50. The summed E-state index contributed by atoms with van der Waals surface area (Å²) in [5.41, 5.74) is 1.56. The molecule has 9 nitrogen and oxygen atoms in total. The van der Waals surface area contributed by atoms with Gasteiger partial charge in [-0.2, -0.15) is 5.10 Å². The van der Waals surface area contributed by atoms with Crippen molar-refractivity contribution >= 4 is 23.0 Å². The van der Waals surface area contributed by atoms with Gasteiger partial charge in [-0.05, 0) is 24.6 Å². The number of hydrogen-bond acceptors (Lipinski definition) is 6. The Balaban J connectivity index is 1.78. The summed E-state index contributed by atoms with van der Waals surface area (Å²) in [6.07, 6.45) is 1.58.